The third-order valence-electron chi connectivity index (χ3n) is 15.4. The SMILES string of the molecule is c1ccc(-n2c3ccccc3c3c(-c4ccc(N(c5ccc6c(c5)-c5ccccc5C65c6ccccc6-c6ccccc65)c5ccc6c7ccccc7c7ccccc7c6c5)cc4)cccc32)cc1. The topological polar surface area (TPSA) is 8.17 Å². The summed E-state index contributed by atoms with van der Waals surface area (Å²) in [6, 6.07) is 94.8. The molecule has 0 bridgehead atoms. The molecule has 0 saturated heterocycles. The van der Waals surface area contributed by atoms with Gasteiger partial charge in [-0.2, -0.15) is 0 Å². The number of nitrogens with zero attached hydrogens (tertiary/aromatic N) is 2. The molecular formula is C67H42N2. The van der Waals surface area contributed by atoms with Gasteiger partial charge in [-0.3, -0.25) is 0 Å². The highest BCUT2D eigenvalue weighted by Gasteiger charge is 2.51. The van der Waals surface area contributed by atoms with E-state index in [1.165, 1.54) is 110 Å². The molecular weight excluding hydrogens is 833 g/mol. The summed E-state index contributed by atoms with van der Waals surface area (Å²) in [6.07, 6.45) is 0. The van der Waals surface area contributed by atoms with Crippen LogP contribution in [0.1, 0.15) is 22.3 Å². The number of rotatable bonds is 5. The summed E-state index contributed by atoms with van der Waals surface area (Å²) in [7, 11) is 0. The zero-order valence-electron chi connectivity index (χ0n) is 37.6. The molecule has 320 valence electrons. The maximum Gasteiger partial charge on any atom is 0.0725 e. The standard InChI is InChI=1S/C67H42N2/c1-2-17-44(18-3-1)69-64-31-15-11-26-57(64)66-48(27-16-32-65(66)69)43-33-35-45(36-34-43)68(46-37-39-53-51-21-5-4-19-49(51)50-20-6-7-22-52(50)58(53)41-46)47-38-40-63-59(42-47)56-25-10-14-30-62(56)67(63)60-28-12-8-23-54(60)55-24-9-13-29-61(55)67/h1-42H. The zero-order chi connectivity index (χ0) is 45.2. The van der Waals surface area contributed by atoms with E-state index in [0.717, 1.165) is 22.7 Å². The van der Waals surface area contributed by atoms with Gasteiger partial charge < -0.3 is 9.47 Å². The van der Waals surface area contributed by atoms with E-state index >= 15 is 0 Å². The van der Waals surface area contributed by atoms with Gasteiger partial charge in [-0.1, -0.05) is 194 Å². The van der Waals surface area contributed by atoms with Crippen molar-refractivity contribution in [2.24, 2.45) is 0 Å². The number of para-hydroxylation sites is 2. The van der Waals surface area contributed by atoms with E-state index in [9.17, 15) is 0 Å². The molecule has 0 aliphatic heterocycles. The first-order chi connectivity index (χ1) is 34.3. The Kier molecular flexibility index (Phi) is 8.02. The second-order valence-corrected chi connectivity index (χ2v) is 18.7. The molecule has 0 amide bonds. The second kappa shape index (κ2) is 14.5. The molecule has 12 aromatic carbocycles. The third kappa shape index (κ3) is 5.26. The number of anilines is 3. The Bertz CT molecular complexity index is 4170. The predicted molar refractivity (Wildman–Crippen MR) is 290 cm³/mol. The highest BCUT2D eigenvalue weighted by atomic mass is 15.1. The van der Waals surface area contributed by atoms with Crippen molar-refractivity contribution >= 4 is 71.2 Å². The average molecular weight is 875 g/mol. The van der Waals surface area contributed by atoms with Crippen LogP contribution in [0.4, 0.5) is 17.1 Å². The molecule has 13 aromatic rings. The van der Waals surface area contributed by atoms with Crippen molar-refractivity contribution in [3.8, 4) is 39.1 Å². The van der Waals surface area contributed by atoms with Crippen LogP contribution >= 0.6 is 0 Å². The quantitative estimate of drug-likeness (QED) is 0.156. The van der Waals surface area contributed by atoms with Crippen LogP contribution in [0.5, 0.6) is 0 Å². The Morgan fingerprint density at radius 1 is 0.275 bits per heavy atom. The van der Waals surface area contributed by atoms with Gasteiger partial charge in [-0.25, -0.2) is 0 Å². The summed E-state index contributed by atoms with van der Waals surface area (Å²) < 4.78 is 2.40. The highest BCUT2D eigenvalue weighted by Crippen LogP contribution is 2.63. The number of hydrogen-bond acceptors (Lipinski definition) is 1. The molecule has 69 heavy (non-hydrogen) atoms. The minimum Gasteiger partial charge on any atom is -0.310 e. The van der Waals surface area contributed by atoms with Crippen LogP contribution in [0.25, 0.3) is 93.2 Å². The minimum atomic E-state index is -0.405. The highest BCUT2D eigenvalue weighted by molar-refractivity contribution is 6.26. The fraction of sp³-hybridized carbons (Fsp3) is 0.0149. The van der Waals surface area contributed by atoms with E-state index in [2.05, 4.69) is 264 Å². The molecule has 0 saturated carbocycles. The van der Waals surface area contributed by atoms with Crippen LogP contribution in [-0.4, -0.2) is 4.57 Å². The smallest absolute Gasteiger partial charge is 0.0725 e. The lowest BCUT2D eigenvalue weighted by Gasteiger charge is -2.31. The van der Waals surface area contributed by atoms with E-state index in [4.69, 9.17) is 0 Å². The molecule has 0 fully saturated rings. The fourth-order valence-corrected chi connectivity index (χ4v) is 12.6. The zero-order valence-corrected chi connectivity index (χ0v) is 37.6. The maximum absolute atomic E-state index is 2.47. The normalized spacial score (nSPS) is 13.0. The summed E-state index contributed by atoms with van der Waals surface area (Å²) in [5.74, 6) is 0. The Morgan fingerprint density at radius 3 is 1.38 bits per heavy atom. The van der Waals surface area contributed by atoms with Gasteiger partial charge in [-0.05, 0) is 149 Å². The van der Waals surface area contributed by atoms with Gasteiger partial charge in [-0.15, -0.1) is 0 Å². The van der Waals surface area contributed by atoms with Crippen molar-refractivity contribution in [2.45, 2.75) is 5.41 Å². The molecule has 1 spiro atoms. The monoisotopic (exact) mass is 874 g/mol. The first kappa shape index (κ1) is 38.2. The molecule has 0 N–H and O–H groups in total. The molecule has 0 atom stereocenters. The van der Waals surface area contributed by atoms with Crippen molar-refractivity contribution < 1.29 is 0 Å². The van der Waals surface area contributed by atoms with Crippen LogP contribution in [0, 0.1) is 0 Å². The van der Waals surface area contributed by atoms with Gasteiger partial charge in [0.15, 0.2) is 0 Å². The maximum atomic E-state index is 2.47. The van der Waals surface area contributed by atoms with Crippen LogP contribution in [0.3, 0.4) is 0 Å². The Balaban J connectivity index is 0.951. The summed E-state index contributed by atoms with van der Waals surface area (Å²) in [4.78, 5) is 2.47. The van der Waals surface area contributed by atoms with Gasteiger partial charge in [0.05, 0.1) is 16.4 Å². The largest absolute Gasteiger partial charge is 0.310 e. The van der Waals surface area contributed by atoms with Gasteiger partial charge in [0.2, 0.25) is 0 Å². The van der Waals surface area contributed by atoms with E-state index in [-0.39, 0.29) is 0 Å². The first-order valence-corrected chi connectivity index (χ1v) is 24.0. The van der Waals surface area contributed by atoms with Crippen molar-refractivity contribution in [3.63, 3.8) is 0 Å². The van der Waals surface area contributed by atoms with Gasteiger partial charge in [0.25, 0.3) is 0 Å². The Hall–Kier alpha value is -8.98. The van der Waals surface area contributed by atoms with E-state index in [0.29, 0.717) is 0 Å². The van der Waals surface area contributed by atoms with Crippen molar-refractivity contribution in [3.05, 3.63) is 277 Å². The molecule has 0 unspecified atom stereocenters. The lowest BCUT2D eigenvalue weighted by molar-refractivity contribution is 0.794. The van der Waals surface area contributed by atoms with Crippen LogP contribution < -0.4 is 4.90 Å². The van der Waals surface area contributed by atoms with Crippen molar-refractivity contribution in [2.75, 3.05) is 4.90 Å². The Labute approximate surface area is 400 Å². The van der Waals surface area contributed by atoms with Crippen molar-refractivity contribution in [1.82, 2.24) is 4.57 Å². The van der Waals surface area contributed by atoms with Crippen molar-refractivity contribution in [1.29, 1.82) is 0 Å². The number of aromatic nitrogens is 1. The van der Waals surface area contributed by atoms with Gasteiger partial charge >= 0.3 is 0 Å². The first-order valence-electron chi connectivity index (χ1n) is 24.0. The summed E-state index contributed by atoms with van der Waals surface area (Å²) in [6.45, 7) is 0. The minimum absolute atomic E-state index is 0.405. The summed E-state index contributed by atoms with van der Waals surface area (Å²) >= 11 is 0. The van der Waals surface area contributed by atoms with E-state index in [1.54, 1.807) is 0 Å². The molecule has 1 aromatic heterocycles. The number of hydrogen-bond donors (Lipinski definition) is 0. The molecule has 2 nitrogen and oxygen atoms in total. The van der Waals surface area contributed by atoms with Gasteiger partial charge in [0, 0.05) is 33.5 Å². The summed E-state index contributed by atoms with van der Waals surface area (Å²) in [5.41, 5.74) is 19.5. The summed E-state index contributed by atoms with van der Waals surface area (Å²) in [5, 5.41) is 10.1. The lowest BCUT2D eigenvalue weighted by atomic mass is 9.70. The molecule has 1 heterocycles. The van der Waals surface area contributed by atoms with Gasteiger partial charge in [0.1, 0.15) is 0 Å². The van der Waals surface area contributed by atoms with Crippen LogP contribution in [0.2, 0.25) is 0 Å². The average Bonchev–Trinajstić information content (AvgIpc) is 4.03. The molecule has 0 radical (unpaired) electrons. The van der Waals surface area contributed by atoms with E-state index in [1.807, 2.05) is 0 Å². The third-order valence-corrected chi connectivity index (χ3v) is 15.4. The molecule has 2 aliphatic carbocycles. The lowest BCUT2D eigenvalue weighted by Crippen LogP contribution is -2.25. The fourth-order valence-electron chi connectivity index (χ4n) is 12.6. The Morgan fingerprint density at radius 2 is 0.725 bits per heavy atom. The van der Waals surface area contributed by atoms with Crippen LogP contribution in [-0.2, 0) is 5.41 Å². The molecule has 15 rings (SSSR count). The predicted octanol–water partition coefficient (Wildman–Crippen LogP) is 17.7. The van der Waals surface area contributed by atoms with Crippen LogP contribution in [0.15, 0.2) is 255 Å². The molecule has 2 heteroatoms. The number of fused-ring (bicyclic) bond motifs is 19. The molecule has 2 aliphatic rings. The number of benzene rings is 12. The van der Waals surface area contributed by atoms with E-state index < -0.39 is 5.41 Å². The second-order valence-electron chi connectivity index (χ2n) is 18.7.